The number of halogens is 3. The molecule has 1 saturated heterocycles. The van der Waals surface area contributed by atoms with Gasteiger partial charge in [-0.25, -0.2) is 9.78 Å². The fraction of sp³-hybridized carbons (Fsp3) is 0.348. The van der Waals surface area contributed by atoms with E-state index in [-0.39, 0.29) is 12.6 Å². The zero-order valence-corrected chi connectivity index (χ0v) is 18.5. The number of nitrogens with zero attached hydrogens (tertiary/aromatic N) is 4. The highest BCUT2D eigenvalue weighted by atomic mass is 19.4. The van der Waals surface area contributed by atoms with Gasteiger partial charge in [-0.15, -0.1) is 0 Å². The first kappa shape index (κ1) is 23.1. The molecule has 4 heterocycles. The van der Waals surface area contributed by atoms with Gasteiger partial charge in [0.1, 0.15) is 11.6 Å². The first-order valence-electron chi connectivity index (χ1n) is 11.1. The summed E-state index contributed by atoms with van der Waals surface area (Å²) in [6.45, 7) is 2.44. The van der Waals surface area contributed by atoms with Crippen molar-refractivity contribution in [3.05, 3.63) is 59.4 Å². The number of aromatic amines is 1. The van der Waals surface area contributed by atoms with E-state index in [9.17, 15) is 23.1 Å². The van der Waals surface area contributed by atoms with Gasteiger partial charge in [-0.3, -0.25) is 10.00 Å². The number of H-pyrrole nitrogens is 1. The van der Waals surface area contributed by atoms with Crippen LogP contribution in [-0.2, 0) is 19.3 Å². The molecular weight excluding hydrogens is 465 g/mol. The molecule has 1 amide bonds. The van der Waals surface area contributed by atoms with Gasteiger partial charge < -0.3 is 20.1 Å². The maximum atomic E-state index is 12.9. The number of hydrogen-bond acceptors (Lipinski definition) is 7. The first-order valence-corrected chi connectivity index (χ1v) is 11.1. The van der Waals surface area contributed by atoms with Crippen LogP contribution in [0.15, 0.2) is 42.7 Å². The average molecular weight is 488 g/mol. The van der Waals surface area contributed by atoms with Crippen molar-refractivity contribution in [2.45, 2.75) is 25.3 Å². The molecule has 2 aromatic heterocycles. The van der Waals surface area contributed by atoms with Gasteiger partial charge >= 0.3 is 12.3 Å². The number of aliphatic hydroxyl groups is 1. The predicted molar refractivity (Wildman–Crippen MR) is 120 cm³/mol. The third-order valence-corrected chi connectivity index (χ3v) is 6.23. The standard InChI is InChI=1S/C23H23F3N6O3/c24-23(25,26)17-2-4-20(27-10-17)32-6-5-31(12-18(32)13-33)11-16-9-29-30-21(16)14-1-3-19-15(7-14)8-28-22(34)35-19/h1-4,7,9-10,18,33H,5-6,8,11-13H2,(H,28,34)(H,29,30). The maximum Gasteiger partial charge on any atom is 0.417 e. The molecule has 2 aliphatic rings. The normalized spacial score (nSPS) is 18.7. The van der Waals surface area contributed by atoms with Gasteiger partial charge in [0.2, 0.25) is 0 Å². The molecule has 1 fully saturated rings. The van der Waals surface area contributed by atoms with Crippen molar-refractivity contribution in [2.75, 3.05) is 31.1 Å². The van der Waals surface area contributed by atoms with Crippen molar-refractivity contribution >= 4 is 11.9 Å². The molecule has 1 unspecified atom stereocenters. The van der Waals surface area contributed by atoms with Crippen LogP contribution in [0, 0.1) is 0 Å². The molecule has 5 rings (SSSR count). The summed E-state index contributed by atoms with van der Waals surface area (Å²) in [6, 6.07) is 7.60. The molecule has 184 valence electrons. The summed E-state index contributed by atoms with van der Waals surface area (Å²) < 4.78 is 43.8. The fourth-order valence-electron chi connectivity index (χ4n) is 4.44. The Morgan fingerprint density at radius 3 is 2.77 bits per heavy atom. The molecule has 0 spiro atoms. The van der Waals surface area contributed by atoms with E-state index in [2.05, 4.69) is 25.4 Å². The molecule has 9 nitrogen and oxygen atoms in total. The number of hydrogen-bond donors (Lipinski definition) is 3. The molecule has 0 radical (unpaired) electrons. The summed E-state index contributed by atoms with van der Waals surface area (Å²) >= 11 is 0. The Morgan fingerprint density at radius 1 is 1.17 bits per heavy atom. The van der Waals surface area contributed by atoms with Crippen LogP contribution in [-0.4, -0.2) is 63.6 Å². The summed E-state index contributed by atoms with van der Waals surface area (Å²) in [7, 11) is 0. The Morgan fingerprint density at radius 2 is 2.03 bits per heavy atom. The summed E-state index contributed by atoms with van der Waals surface area (Å²) in [6.07, 6.45) is -2.34. The molecule has 1 aromatic carbocycles. The molecule has 3 aromatic rings. The third-order valence-electron chi connectivity index (χ3n) is 6.23. The smallest absolute Gasteiger partial charge is 0.410 e. The Bertz CT molecular complexity index is 1210. The third kappa shape index (κ3) is 4.80. The van der Waals surface area contributed by atoms with Gasteiger partial charge in [-0.2, -0.15) is 18.3 Å². The van der Waals surface area contributed by atoms with E-state index in [1.165, 1.54) is 6.07 Å². The molecule has 2 aliphatic heterocycles. The van der Waals surface area contributed by atoms with E-state index in [0.717, 1.165) is 34.6 Å². The number of rotatable bonds is 5. The van der Waals surface area contributed by atoms with E-state index in [0.29, 0.717) is 44.3 Å². The maximum absolute atomic E-state index is 12.9. The van der Waals surface area contributed by atoms with E-state index >= 15 is 0 Å². The summed E-state index contributed by atoms with van der Waals surface area (Å²) in [5.41, 5.74) is 2.77. The number of carbonyl (C=O) groups excluding carboxylic acids is 1. The van der Waals surface area contributed by atoms with E-state index in [4.69, 9.17) is 4.74 Å². The highest BCUT2D eigenvalue weighted by Gasteiger charge is 2.32. The lowest BCUT2D eigenvalue weighted by atomic mass is 10.0. The zero-order valence-electron chi connectivity index (χ0n) is 18.5. The number of aromatic nitrogens is 3. The largest absolute Gasteiger partial charge is 0.417 e. The van der Waals surface area contributed by atoms with Crippen LogP contribution in [0.4, 0.5) is 23.8 Å². The molecule has 35 heavy (non-hydrogen) atoms. The summed E-state index contributed by atoms with van der Waals surface area (Å²) in [5, 5.41) is 19.9. The minimum atomic E-state index is -4.44. The minimum absolute atomic E-state index is 0.159. The van der Waals surface area contributed by atoms with Crippen molar-refractivity contribution in [1.82, 2.24) is 25.4 Å². The van der Waals surface area contributed by atoms with Gasteiger partial charge in [-0.05, 0) is 30.3 Å². The summed E-state index contributed by atoms with van der Waals surface area (Å²) in [4.78, 5) is 19.4. The molecule has 0 saturated carbocycles. The lowest BCUT2D eigenvalue weighted by Gasteiger charge is -2.41. The topological polar surface area (TPSA) is 107 Å². The number of ether oxygens (including phenoxy) is 1. The van der Waals surface area contributed by atoms with Gasteiger partial charge in [-0.1, -0.05) is 0 Å². The summed E-state index contributed by atoms with van der Waals surface area (Å²) in [5.74, 6) is 0.932. The number of pyridine rings is 1. The van der Waals surface area contributed by atoms with Crippen LogP contribution in [0.1, 0.15) is 16.7 Å². The van der Waals surface area contributed by atoms with Crippen LogP contribution in [0.3, 0.4) is 0 Å². The van der Waals surface area contributed by atoms with Crippen molar-refractivity contribution in [3.63, 3.8) is 0 Å². The van der Waals surface area contributed by atoms with Crippen LogP contribution < -0.4 is 15.0 Å². The van der Waals surface area contributed by atoms with E-state index in [1.54, 1.807) is 12.3 Å². The van der Waals surface area contributed by atoms with Gasteiger partial charge in [0.05, 0.1) is 30.1 Å². The lowest BCUT2D eigenvalue weighted by Crippen LogP contribution is -2.54. The van der Waals surface area contributed by atoms with Crippen LogP contribution in [0.25, 0.3) is 11.3 Å². The fourth-order valence-corrected chi connectivity index (χ4v) is 4.44. The van der Waals surface area contributed by atoms with Gasteiger partial charge in [0.15, 0.2) is 0 Å². The van der Waals surface area contributed by atoms with Crippen LogP contribution in [0.5, 0.6) is 5.75 Å². The predicted octanol–water partition coefficient (Wildman–Crippen LogP) is 2.78. The molecule has 12 heteroatoms. The zero-order chi connectivity index (χ0) is 24.6. The number of piperazine rings is 1. The Hall–Kier alpha value is -3.64. The highest BCUT2D eigenvalue weighted by Crippen LogP contribution is 2.32. The van der Waals surface area contributed by atoms with Gasteiger partial charge in [0.25, 0.3) is 0 Å². The number of nitrogens with one attached hydrogen (secondary N) is 2. The first-order chi connectivity index (χ1) is 16.8. The average Bonchev–Trinajstić information content (AvgIpc) is 3.31. The van der Waals surface area contributed by atoms with Crippen LogP contribution >= 0.6 is 0 Å². The molecular formula is C23H23F3N6O3. The van der Waals surface area contributed by atoms with Crippen molar-refractivity contribution in [1.29, 1.82) is 0 Å². The Balaban J connectivity index is 1.28. The quantitative estimate of drug-likeness (QED) is 0.507. The number of alkyl halides is 3. The molecule has 3 N–H and O–H groups in total. The number of carbonyl (C=O) groups is 1. The number of anilines is 1. The molecule has 0 aliphatic carbocycles. The monoisotopic (exact) mass is 488 g/mol. The van der Waals surface area contributed by atoms with Crippen molar-refractivity contribution in [3.8, 4) is 17.0 Å². The highest BCUT2D eigenvalue weighted by molar-refractivity contribution is 5.74. The number of fused-ring (bicyclic) bond motifs is 1. The number of benzene rings is 1. The second-order valence-corrected chi connectivity index (χ2v) is 8.50. The Labute approximate surface area is 198 Å². The molecule has 0 bridgehead atoms. The lowest BCUT2D eigenvalue weighted by molar-refractivity contribution is -0.137. The van der Waals surface area contributed by atoms with Crippen LogP contribution in [0.2, 0.25) is 0 Å². The number of aliphatic hydroxyl groups excluding tert-OH is 1. The SMILES string of the molecule is O=C1NCc2cc(-c3[nH]ncc3CN3CCN(c4ccc(C(F)(F)F)cn4)C(CO)C3)ccc2O1. The Kier molecular flexibility index (Phi) is 6.07. The molecule has 1 atom stereocenters. The van der Waals surface area contributed by atoms with Gasteiger partial charge in [0, 0.05) is 55.6 Å². The van der Waals surface area contributed by atoms with Crippen molar-refractivity contribution in [2.24, 2.45) is 0 Å². The number of amides is 1. The second-order valence-electron chi connectivity index (χ2n) is 8.50. The van der Waals surface area contributed by atoms with Crippen molar-refractivity contribution < 1.29 is 27.8 Å². The minimum Gasteiger partial charge on any atom is -0.410 e. The van der Waals surface area contributed by atoms with E-state index in [1.807, 2.05) is 17.0 Å². The van der Waals surface area contributed by atoms with E-state index < -0.39 is 17.8 Å². The second kappa shape index (κ2) is 9.19.